The monoisotopic (exact) mass is 259 g/mol. The van der Waals surface area contributed by atoms with Gasteiger partial charge in [-0.2, -0.15) is 5.26 Å². The number of para-hydroxylation sites is 1. The maximum atomic E-state index is 12.0. The molecule has 0 aliphatic carbocycles. The second-order valence-corrected chi connectivity index (χ2v) is 4.70. The van der Waals surface area contributed by atoms with Crippen LogP contribution in [0.3, 0.4) is 0 Å². The van der Waals surface area contributed by atoms with E-state index in [1.807, 2.05) is 0 Å². The molecule has 0 radical (unpaired) electrons. The van der Waals surface area contributed by atoms with Crippen LogP contribution >= 0.6 is 0 Å². The van der Waals surface area contributed by atoms with Crippen molar-refractivity contribution in [3.8, 4) is 11.8 Å². The average molecular weight is 259 g/mol. The summed E-state index contributed by atoms with van der Waals surface area (Å²) in [7, 11) is 0. The van der Waals surface area contributed by atoms with Crippen LogP contribution in [0.25, 0.3) is 0 Å². The van der Waals surface area contributed by atoms with Crippen molar-refractivity contribution in [2.24, 2.45) is 0 Å². The van der Waals surface area contributed by atoms with E-state index in [1.54, 1.807) is 18.2 Å². The minimum Gasteiger partial charge on any atom is -0.507 e. The van der Waals surface area contributed by atoms with Crippen molar-refractivity contribution in [3.05, 3.63) is 29.8 Å². The number of phenolic OH excluding ortho intramolecular Hbond substituents is 1. The second kappa shape index (κ2) is 6.21. The number of aromatic hydroxyl groups is 1. The molecule has 0 aromatic heterocycles. The summed E-state index contributed by atoms with van der Waals surface area (Å²) in [4.78, 5) is 14.1. The van der Waals surface area contributed by atoms with Crippen LogP contribution in [0, 0.1) is 11.3 Å². The molecule has 1 saturated heterocycles. The molecule has 100 valence electrons. The zero-order valence-corrected chi connectivity index (χ0v) is 10.7. The van der Waals surface area contributed by atoms with Crippen LogP contribution in [-0.2, 0) is 0 Å². The molecule has 1 aliphatic heterocycles. The Labute approximate surface area is 112 Å². The first-order chi connectivity index (χ1) is 9.20. The average Bonchev–Trinajstić information content (AvgIpc) is 2.42. The molecule has 1 aromatic rings. The predicted molar refractivity (Wildman–Crippen MR) is 70.6 cm³/mol. The Bertz CT molecular complexity index is 488. The molecular formula is C14H17N3O2. The summed E-state index contributed by atoms with van der Waals surface area (Å²) in [5, 5.41) is 21.2. The van der Waals surface area contributed by atoms with Gasteiger partial charge in [0.15, 0.2) is 0 Å². The van der Waals surface area contributed by atoms with Gasteiger partial charge in [-0.1, -0.05) is 12.1 Å². The molecule has 5 heteroatoms. The van der Waals surface area contributed by atoms with Gasteiger partial charge in [0, 0.05) is 19.1 Å². The molecule has 1 fully saturated rings. The molecule has 0 atom stereocenters. The highest BCUT2D eigenvalue weighted by atomic mass is 16.3. The molecular weight excluding hydrogens is 242 g/mol. The number of nitrogens with one attached hydrogen (secondary N) is 1. The van der Waals surface area contributed by atoms with E-state index in [0.29, 0.717) is 12.1 Å². The first-order valence-electron chi connectivity index (χ1n) is 6.39. The molecule has 5 nitrogen and oxygen atoms in total. The number of carbonyl (C=O) groups is 1. The van der Waals surface area contributed by atoms with E-state index in [4.69, 9.17) is 5.26 Å². The molecule has 2 rings (SSSR count). The van der Waals surface area contributed by atoms with Gasteiger partial charge in [0.05, 0.1) is 18.2 Å². The van der Waals surface area contributed by atoms with Gasteiger partial charge < -0.3 is 10.4 Å². The lowest BCUT2D eigenvalue weighted by molar-refractivity contribution is 0.0911. The number of hydrogen-bond donors (Lipinski definition) is 2. The maximum absolute atomic E-state index is 12.0. The Morgan fingerprint density at radius 1 is 1.42 bits per heavy atom. The molecule has 1 amide bonds. The lowest BCUT2D eigenvalue weighted by Gasteiger charge is -2.30. The highest BCUT2D eigenvalue weighted by Crippen LogP contribution is 2.17. The summed E-state index contributed by atoms with van der Waals surface area (Å²) in [6.07, 6.45) is 1.67. The Morgan fingerprint density at radius 2 is 2.11 bits per heavy atom. The summed E-state index contributed by atoms with van der Waals surface area (Å²) in [6, 6.07) is 8.77. The lowest BCUT2D eigenvalue weighted by atomic mass is 10.0. The standard InChI is InChI=1S/C14H17N3O2/c15-7-10-17-8-5-11(6-9-17)16-14(19)12-3-1-2-4-13(12)18/h1-4,11,18H,5-6,8-10H2,(H,16,19). The number of benzene rings is 1. The zero-order chi connectivity index (χ0) is 13.7. The van der Waals surface area contributed by atoms with Gasteiger partial charge in [0.2, 0.25) is 0 Å². The number of nitriles is 1. The van der Waals surface area contributed by atoms with Crippen molar-refractivity contribution < 1.29 is 9.90 Å². The highest BCUT2D eigenvalue weighted by molar-refractivity contribution is 5.96. The third-order valence-corrected chi connectivity index (χ3v) is 3.37. The van der Waals surface area contributed by atoms with Gasteiger partial charge in [-0.15, -0.1) is 0 Å². The van der Waals surface area contributed by atoms with Gasteiger partial charge in [-0.05, 0) is 25.0 Å². The number of amides is 1. The van der Waals surface area contributed by atoms with Crippen LogP contribution in [0.4, 0.5) is 0 Å². The molecule has 1 aromatic carbocycles. The molecule has 19 heavy (non-hydrogen) atoms. The van der Waals surface area contributed by atoms with E-state index in [0.717, 1.165) is 25.9 Å². The quantitative estimate of drug-likeness (QED) is 0.797. The molecule has 0 spiro atoms. The number of phenols is 1. The van der Waals surface area contributed by atoms with E-state index in [1.165, 1.54) is 6.07 Å². The SMILES string of the molecule is N#CCN1CCC(NC(=O)c2ccccc2O)CC1. The van der Waals surface area contributed by atoms with E-state index in [-0.39, 0.29) is 17.7 Å². The Balaban J connectivity index is 1.88. The number of piperidine rings is 1. The largest absolute Gasteiger partial charge is 0.507 e. The summed E-state index contributed by atoms with van der Waals surface area (Å²) >= 11 is 0. The van der Waals surface area contributed by atoms with Crippen molar-refractivity contribution in [3.63, 3.8) is 0 Å². The fraction of sp³-hybridized carbons (Fsp3) is 0.429. The number of carbonyl (C=O) groups excluding carboxylic acids is 1. The molecule has 0 saturated carbocycles. The van der Waals surface area contributed by atoms with Crippen LogP contribution in [0.2, 0.25) is 0 Å². The summed E-state index contributed by atoms with van der Waals surface area (Å²) < 4.78 is 0. The van der Waals surface area contributed by atoms with Gasteiger partial charge >= 0.3 is 0 Å². The van der Waals surface area contributed by atoms with E-state index >= 15 is 0 Å². The van der Waals surface area contributed by atoms with Crippen LogP contribution in [0.1, 0.15) is 23.2 Å². The fourth-order valence-electron chi connectivity index (χ4n) is 2.26. The normalized spacial score (nSPS) is 16.8. The molecule has 1 aliphatic rings. The maximum Gasteiger partial charge on any atom is 0.255 e. The van der Waals surface area contributed by atoms with Gasteiger partial charge in [-0.25, -0.2) is 0 Å². The number of rotatable bonds is 3. The van der Waals surface area contributed by atoms with Gasteiger partial charge in [0.1, 0.15) is 5.75 Å². The third kappa shape index (κ3) is 3.46. The van der Waals surface area contributed by atoms with Crippen molar-refractivity contribution >= 4 is 5.91 Å². The van der Waals surface area contributed by atoms with Gasteiger partial charge in [-0.3, -0.25) is 9.69 Å². The Kier molecular flexibility index (Phi) is 4.37. The van der Waals surface area contributed by atoms with Gasteiger partial charge in [0.25, 0.3) is 5.91 Å². The van der Waals surface area contributed by atoms with Crippen molar-refractivity contribution in [1.29, 1.82) is 5.26 Å². The predicted octanol–water partition coefficient (Wildman–Crippen LogP) is 1.11. The summed E-state index contributed by atoms with van der Waals surface area (Å²) in [5.41, 5.74) is 0.307. The fourth-order valence-corrected chi connectivity index (χ4v) is 2.26. The smallest absolute Gasteiger partial charge is 0.255 e. The lowest BCUT2D eigenvalue weighted by Crippen LogP contribution is -2.44. The summed E-state index contributed by atoms with van der Waals surface area (Å²) in [5.74, 6) is -0.237. The third-order valence-electron chi connectivity index (χ3n) is 3.37. The van der Waals surface area contributed by atoms with Crippen molar-refractivity contribution in [2.75, 3.05) is 19.6 Å². The number of nitrogens with zero attached hydrogens (tertiary/aromatic N) is 2. The first kappa shape index (κ1) is 13.4. The van der Waals surface area contributed by atoms with Crippen LogP contribution in [0.15, 0.2) is 24.3 Å². The van der Waals surface area contributed by atoms with Crippen LogP contribution < -0.4 is 5.32 Å². The molecule has 2 N–H and O–H groups in total. The van der Waals surface area contributed by atoms with E-state index in [9.17, 15) is 9.90 Å². The highest BCUT2D eigenvalue weighted by Gasteiger charge is 2.21. The minimum absolute atomic E-state index is 0.00177. The van der Waals surface area contributed by atoms with Crippen LogP contribution in [-0.4, -0.2) is 41.6 Å². The first-order valence-corrected chi connectivity index (χ1v) is 6.39. The van der Waals surface area contributed by atoms with Crippen molar-refractivity contribution in [1.82, 2.24) is 10.2 Å². The number of likely N-dealkylation sites (tertiary alicyclic amines) is 1. The summed E-state index contributed by atoms with van der Waals surface area (Å²) in [6.45, 7) is 2.08. The Hall–Kier alpha value is -2.06. The molecule has 0 bridgehead atoms. The topological polar surface area (TPSA) is 76.4 Å². The number of hydrogen-bond acceptors (Lipinski definition) is 4. The van der Waals surface area contributed by atoms with E-state index in [2.05, 4.69) is 16.3 Å². The molecule has 0 unspecified atom stereocenters. The van der Waals surface area contributed by atoms with Crippen molar-refractivity contribution in [2.45, 2.75) is 18.9 Å². The minimum atomic E-state index is -0.239. The van der Waals surface area contributed by atoms with E-state index < -0.39 is 0 Å². The Morgan fingerprint density at radius 3 is 2.74 bits per heavy atom. The molecule has 1 heterocycles. The zero-order valence-electron chi connectivity index (χ0n) is 10.7. The van der Waals surface area contributed by atoms with Crippen LogP contribution in [0.5, 0.6) is 5.75 Å². The second-order valence-electron chi connectivity index (χ2n) is 4.70.